The van der Waals surface area contributed by atoms with Crippen molar-refractivity contribution >= 4 is 11.7 Å². The van der Waals surface area contributed by atoms with Gasteiger partial charge in [-0.2, -0.15) is 0 Å². The summed E-state index contributed by atoms with van der Waals surface area (Å²) in [6.07, 6.45) is 6.22. The molecule has 0 saturated carbocycles. The lowest BCUT2D eigenvalue weighted by atomic mass is 10.4. The summed E-state index contributed by atoms with van der Waals surface area (Å²) in [5.74, 6) is 0.671. The summed E-state index contributed by atoms with van der Waals surface area (Å²) in [4.78, 5) is 22.3. The van der Waals surface area contributed by atoms with Crippen molar-refractivity contribution in [1.29, 1.82) is 0 Å². The zero-order valence-corrected chi connectivity index (χ0v) is 11.3. The molecule has 6 nitrogen and oxygen atoms in total. The highest BCUT2D eigenvalue weighted by Crippen LogP contribution is 2.11. The van der Waals surface area contributed by atoms with E-state index < -0.39 is 0 Å². The first-order chi connectivity index (χ1) is 9.31. The van der Waals surface area contributed by atoms with Crippen LogP contribution in [-0.2, 0) is 4.74 Å². The fraction of sp³-hybridized carbons (Fsp3) is 0.615. The molecule has 6 heteroatoms. The third kappa shape index (κ3) is 3.89. The fourth-order valence-electron chi connectivity index (χ4n) is 2.04. The minimum atomic E-state index is -0.0177. The van der Waals surface area contributed by atoms with E-state index in [1.807, 2.05) is 4.90 Å². The van der Waals surface area contributed by atoms with Crippen molar-refractivity contribution in [2.24, 2.45) is 0 Å². The molecule has 1 aliphatic rings. The first kappa shape index (κ1) is 13.7. The van der Waals surface area contributed by atoms with Gasteiger partial charge in [0.1, 0.15) is 11.5 Å². The number of aromatic nitrogens is 2. The number of anilines is 1. The molecular weight excluding hydrogens is 244 g/mol. The van der Waals surface area contributed by atoms with Gasteiger partial charge >= 0.3 is 0 Å². The number of nitrogens with one attached hydrogen (secondary N) is 1. The molecule has 1 aliphatic heterocycles. The molecule has 0 bridgehead atoms. The Hall–Kier alpha value is -1.69. The van der Waals surface area contributed by atoms with Crippen LogP contribution in [0.2, 0.25) is 0 Å². The van der Waals surface area contributed by atoms with E-state index in [4.69, 9.17) is 4.74 Å². The van der Waals surface area contributed by atoms with E-state index >= 15 is 0 Å². The molecule has 104 valence electrons. The van der Waals surface area contributed by atoms with E-state index in [0.717, 1.165) is 38.9 Å². The monoisotopic (exact) mass is 264 g/mol. The summed E-state index contributed by atoms with van der Waals surface area (Å²) in [5.41, 5.74) is 0.421. The molecule has 0 aliphatic carbocycles. The summed E-state index contributed by atoms with van der Waals surface area (Å²) >= 11 is 0. The normalized spacial score (nSPS) is 14.7. The number of nitrogens with zero attached hydrogens (tertiary/aromatic N) is 3. The van der Waals surface area contributed by atoms with Crippen LogP contribution in [0.1, 0.15) is 29.8 Å². The maximum Gasteiger partial charge on any atom is 0.274 e. The molecule has 0 unspecified atom stereocenters. The number of hydrogen-bond acceptors (Lipinski definition) is 5. The molecule has 1 amide bonds. The maximum atomic E-state index is 12.0. The Balaban J connectivity index is 1.85. The average Bonchev–Trinajstić information content (AvgIpc) is 2.98. The standard InChI is InChI=1S/C13H20N4O2/c1-19-8-4-5-14-12-10-15-11(9-16-12)13(18)17-6-2-3-7-17/h9-10H,2-8H2,1H3,(H,14,16). The molecule has 0 spiro atoms. The van der Waals surface area contributed by atoms with Crippen LogP contribution in [0.3, 0.4) is 0 Å². The van der Waals surface area contributed by atoms with Gasteiger partial charge in [-0.25, -0.2) is 9.97 Å². The number of carbonyl (C=O) groups excluding carboxylic acids is 1. The van der Waals surface area contributed by atoms with Crippen molar-refractivity contribution in [1.82, 2.24) is 14.9 Å². The summed E-state index contributed by atoms with van der Waals surface area (Å²) < 4.78 is 4.96. The van der Waals surface area contributed by atoms with Crippen molar-refractivity contribution in [3.8, 4) is 0 Å². The van der Waals surface area contributed by atoms with Gasteiger partial charge in [0.05, 0.1) is 12.4 Å². The zero-order chi connectivity index (χ0) is 13.5. The van der Waals surface area contributed by atoms with Gasteiger partial charge in [-0.15, -0.1) is 0 Å². The Morgan fingerprint density at radius 2 is 2.16 bits per heavy atom. The maximum absolute atomic E-state index is 12.0. The van der Waals surface area contributed by atoms with Crippen LogP contribution >= 0.6 is 0 Å². The Morgan fingerprint density at radius 1 is 1.37 bits per heavy atom. The molecule has 1 aromatic heterocycles. The molecule has 1 N–H and O–H groups in total. The van der Waals surface area contributed by atoms with Crippen molar-refractivity contribution in [3.05, 3.63) is 18.1 Å². The lowest BCUT2D eigenvalue weighted by Crippen LogP contribution is -2.28. The quantitative estimate of drug-likeness (QED) is 0.781. The van der Waals surface area contributed by atoms with Gasteiger partial charge in [0.15, 0.2) is 0 Å². The first-order valence-electron chi connectivity index (χ1n) is 6.65. The van der Waals surface area contributed by atoms with Crippen LogP contribution in [0.4, 0.5) is 5.82 Å². The zero-order valence-electron chi connectivity index (χ0n) is 11.3. The van der Waals surface area contributed by atoms with Gasteiger partial charge in [-0.3, -0.25) is 4.79 Å². The Kier molecular flexibility index (Phi) is 5.09. The molecule has 0 radical (unpaired) electrons. The Labute approximate surface area is 113 Å². The molecule has 1 aromatic rings. The summed E-state index contributed by atoms with van der Waals surface area (Å²) in [5, 5.41) is 3.14. The van der Waals surface area contributed by atoms with E-state index in [9.17, 15) is 4.79 Å². The minimum absolute atomic E-state index is 0.0177. The molecule has 1 saturated heterocycles. The molecule has 2 heterocycles. The number of rotatable bonds is 6. The number of hydrogen-bond donors (Lipinski definition) is 1. The number of likely N-dealkylation sites (tertiary alicyclic amines) is 1. The van der Waals surface area contributed by atoms with E-state index in [2.05, 4.69) is 15.3 Å². The Bertz CT molecular complexity index is 402. The van der Waals surface area contributed by atoms with Crippen LogP contribution in [0.5, 0.6) is 0 Å². The smallest absolute Gasteiger partial charge is 0.274 e. The second kappa shape index (κ2) is 7.04. The van der Waals surface area contributed by atoms with Gasteiger partial charge in [-0.1, -0.05) is 0 Å². The van der Waals surface area contributed by atoms with Crippen LogP contribution < -0.4 is 5.32 Å². The molecule has 0 aromatic carbocycles. The van der Waals surface area contributed by atoms with E-state index in [1.165, 1.54) is 0 Å². The number of amides is 1. The summed E-state index contributed by atoms with van der Waals surface area (Å²) in [7, 11) is 1.68. The lowest BCUT2D eigenvalue weighted by Gasteiger charge is -2.14. The van der Waals surface area contributed by atoms with Gasteiger partial charge in [0.25, 0.3) is 5.91 Å². The largest absolute Gasteiger partial charge is 0.385 e. The third-order valence-electron chi connectivity index (χ3n) is 3.10. The van der Waals surface area contributed by atoms with Gasteiger partial charge in [0, 0.05) is 33.4 Å². The summed E-state index contributed by atoms with van der Waals surface area (Å²) in [6, 6.07) is 0. The fourth-order valence-corrected chi connectivity index (χ4v) is 2.04. The van der Waals surface area contributed by atoms with Crippen molar-refractivity contribution in [3.63, 3.8) is 0 Å². The second-order valence-corrected chi connectivity index (χ2v) is 4.56. The van der Waals surface area contributed by atoms with Crippen molar-refractivity contribution in [2.75, 3.05) is 38.7 Å². The lowest BCUT2D eigenvalue weighted by molar-refractivity contribution is 0.0786. The molecule has 1 fully saturated rings. The first-order valence-corrected chi connectivity index (χ1v) is 6.65. The van der Waals surface area contributed by atoms with Gasteiger partial charge in [0.2, 0.25) is 0 Å². The van der Waals surface area contributed by atoms with E-state index in [0.29, 0.717) is 18.1 Å². The predicted octanol–water partition coefficient (Wildman–Crippen LogP) is 1.16. The number of methoxy groups -OCH3 is 1. The number of ether oxygens (including phenoxy) is 1. The highest BCUT2D eigenvalue weighted by atomic mass is 16.5. The highest BCUT2D eigenvalue weighted by Gasteiger charge is 2.20. The topological polar surface area (TPSA) is 67.3 Å². The molecule has 2 rings (SSSR count). The van der Waals surface area contributed by atoms with Crippen LogP contribution in [0, 0.1) is 0 Å². The third-order valence-corrected chi connectivity index (χ3v) is 3.10. The average molecular weight is 264 g/mol. The molecule has 0 atom stereocenters. The van der Waals surface area contributed by atoms with Crippen LogP contribution in [0.15, 0.2) is 12.4 Å². The minimum Gasteiger partial charge on any atom is -0.385 e. The van der Waals surface area contributed by atoms with Gasteiger partial charge < -0.3 is 15.0 Å². The molecule has 19 heavy (non-hydrogen) atoms. The predicted molar refractivity (Wildman–Crippen MR) is 72.2 cm³/mol. The SMILES string of the molecule is COCCCNc1cnc(C(=O)N2CCCC2)cn1. The van der Waals surface area contributed by atoms with Crippen molar-refractivity contribution in [2.45, 2.75) is 19.3 Å². The second-order valence-electron chi connectivity index (χ2n) is 4.56. The Morgan fingerprint density at radius 3 is 2.79 bits per heavy atom. The van der Waals surface area contributed by atoms with Gasteiger partial charge in [-0.05, 0) is 19.3 Å². The highest BCUT2D eigenvalue weighted by molar-refractivity contribution is 5.92. The number of carbonyl (C=O) groups is 1. The summed E-state index contributed by atoms with van der Waals surface area (Å²) in [6.45, 7) is 3.16. The van der Waals surface area contributed by atoms with E-state index in [-0.39, 0.29) is 5.91 Å². The van der Waals surface area contributed by atoms with Crippen LogP contribution in [-0.4, -0.2) is 54.1 Å². The molecular formula is C13H20N4O2. The van der Waals surface area contributed by atoms with E-state index in [1.54, 1.807) is 19.5 Å². The van der Waals surface area contributed by atoms with Crippen LogP contribution in [0.25, 0.3) is 0 Å². The van der Waals surface area contributed by atoms with Crippen molar-refractivity contribution < 1.29 is 9.53 Å².